The summed E-state index contributed by atoms with van der Waals surface area (Å²) >= 11 is 0. The molecule has 62 valence electrons. The molecule has 1 heterocycles. The molecule has 2 fully saturated rings. The average Bonchev–Trinajstić information content (AvgIpc) is 2.69. The van der Waals surface area contributed by atoms with E-state index in [1.165, 1.54) is 25.9 Å². The van der Waals surface area contributed by atoms with Crippen molar-refractivity contribution >= 4 is 0 Å². The summed E-state index contributed by atoms with van der Waals surface area (Å²) < 4.78 is 0. The lowest BCUT2D eigenvalue weighted by atomic mass is 10.2. The summed E-state index contributed by atoms with van der Waals surface area (Å²) in [6.07, 6.45) is 2.97. The first kappa shape index (κ1) is 9.96. The summed E-state index contributed by atoms with van der Waals surface area (Å²) in [7, 11) is 0. The molecule has 1 saturated heterocycles. The first-order valence-corrected chi connectivity index (χ1v) is 4.17. The maximum atomic E-state index is 3.38. The van der Waals surface area contributed by atoms with E-state index in [1.54, 1.807) is 0 Å². The van der Waals surface area contributed by atoms with Gasteiger partial charge in [-0.25, -0.2) is 0 Å². The lowest BCUT2D eigenvalue weighted by Crippen LogP contribution is -2.23. The quantitative estimate of drug-likeness (QED) is 0.548. The summed E-state index contributed by atoms with van der Waals surface area (Å²) in [5.41, 5.74) is 0. The van der Waals surface area contributed by atoms with Gasteiger partial charge in [-0.3, -0.25) is 0 Å². The summed E-state index contributed by atoms with van der Waals surface area (Å²) in [4.78, 5) is 0. The fourth-order valence-electron chi connectivity index (χ4n) is 1.49. The highest BCUT2D eigenvalue weighted by atomic mass is 14.9. The fourth-order valence-corrected chi connectivity index (χ4v) is 1.49. The Bertz CT molecular complexity index is 70.8. The van der Waals surface area contributed by atoms with Crippen molar-refractivity contribution in [3.63, 3.8) is 0 Å². The Morgan fingerprint density at radius 3 is 2.30 bits per heavy atom. The number of hydrogen-bond acceptors (Lipinski definition) is 1. The van der Waals surface area contributed by atoms with E-state index >= 15 is 0 Å². The molecule has 10 heavy (non-hydrogen) atoms. The highest BCUT2D eigenvalue weighted by Crippen LogP contribution is 2.42. The van der Waals surface area contributed by atoms with Gasteiger partial charge in [-0.2, -0.15) is 0 Å². The van der Waals surface area contributed by atoms with Gasteiger partial charge in [0.15, 0.2) is 0 Å². The minimum atomic E-state index is 0. The monoisotopic (exact) mass is 143 g/mol. The van der Waals surface area contributed by atoms with Gasteiger partial charge < -0.3 is 5.32 Å². The second-order valence-corrected chi connectivity index (χ2v) is 2.75. The van der Waals surface area contributed by atoms with Crippen LogP contribution < -0.4 is 5.32 Å². The van der Waals surface area contributed by atoms with Gasteiger partial charge >= 0.3 is 0 Å². The Hall–Kier alpha value is -0.0400. The van der Waals surface area contributed by atoms with Crippen LogP contribution in [0.25, 0.3) is 0 Å². The van der Waals surface area contributed by atoms with Crippen LogP contribution in [0.15, 0.2) is 0 Å². The van der Waals surface area contributed by atoms with Crippen molar-refractivity contribution in [3.05, 3.63) is 0 Å². The number of hydrogen-bond donors (Lipinski definition) is 1. The second kappa shape index (κ2) is 4.73. The highest BCUT2D eigenvalue weighted by Gasteiger charge is 2.38. The van der Waals surface area contributed by atoms with Crippen molar-refractivity contribution in [1.82, 2.24) is 5.32 Å². The van der Waals surface area contributed by atoms with E-state index in [1.807, 2.05) is 13.8 Å². The van der Waals surface area contributed by atoms with Crippen LogP contribution in [0.5, 0.6) is 0 Å². The van der Waals surface area contributed by atoms with Crippen molar-refractivity contribution in [2.24, 2.45) is 11.8 Å². The van der Waals surface area contributed by atoms with E-state index in [4.69, 9.17) is 0 Å². The fraction of sp³-hybridized carbons (Fsp3) is 1.00. The van der Waals surface area contributed by atoms with Gasteiger partial charge in [0.2, 0.25) is 0 Å². The Labute approximate surface area is 65.2 Å². The average molecular weight is 143 g/mol. The zero-order valence-corrected chi connectivity index (χ0v) is 6.48. The third-order valence-corrected chi connectivity index (χ3v) is 2.17. The summed E-state index contributed by atoms with van der Waals surface area (Å²) in [5.74, 6) is 2.23. The molecule has 0 aromatic heterocycles. The standard InChI is InChI=1S/C6H11N.C2H6.CH4/c1-2-7-4-6-3-5(1)6;1-2;/h5-7H,1-4H2;1-2H3;1H4. The molecule has 0 aromatic carbocycles. The van der Waals surface area contributed by atoms with Gasteiger partial charge in [0, 0.05) is 0 Å². The predicted molar refractivity (Wildman–Crippen MR) is 47.2 cm³/mol. The topological polar surface area (TPSA) is 12.0 Å². The number of rotatable bonds is 0. The van der Waals surface area contributed by atoms with E-state index in [0.717, 1.165) is 11.8 Å². The molecular formula is C9H21N. The molecule has 0 spiro atoms. The van der Waals surface area contributed by atoms with Crippen LogP contribution in [-0.2, 0) is 0 Å². The van der Waals surface area contributed by atoms with Gasteiger partial charge in [-0.05, 0) is 37.8 Å². The predicted octanol–water partition coefficient (Wildman–Crippen LogP) is 2.28. The molecule has 2 atom stereocenters. The van der Waals surface area contributed by atoms with Crippen molar-refractivity contribution in [2.75, 3.05) is 13.1 Å². The van der Waals surface area contributed by atoms with Gasteiger partial charge in [-0.15, -0.1) is 0 Å². The molecule has 1 aliphatic carbocycles. The highest BCUT2D eigenvalue weighted by molar-refractivity contribution is 4.91. The van der Waals surface area contributed by atoms with E-state index in [2.05, 4.69) is 5.32 Å². The second-order valence-electron chi connectivity index (χ2n) is 2.75. The molecule has 0 bridgehead atoms. The molecule has 0 radical (unpaired) electrons. The van der Waals surface area contributed by atoms with Crippen molar-refractivity contribution in [2.45, 2.75) is 34.1 Å². The number of nitrogens with one attached hydrogen (secondary N) is 1. The van der Waals surface area contributed by atoms with Gasteiger partial charge in [0.25, 0.3) is 0 Å². The van der Waals surface area contributed by atoms with Gasteiger partial charge in [-0.1, -0.05) is 21.3 Å². The smallest absolute Gasteiger partial charge is 0.00178 e. The first-order chi connectivity index (χ1) is 4.47. The normalized spacial score (nSPS) is 34.2. The van der Waals surface area contributed by atoms with E-state index in [9.17, 15) is 0 Å². The van der Waals surface area contributed by atoms with Crippen LogP contribution in [0, 0.1) is 11.8 Å². The molecule has 2 unspecified atom stereocenters. The molecule has 1 aliphatic heterocycles. The van der Waals surface area contributed by atoms with Crippen LogP contribution in [0.3, 0.4) is 0 Å². The lowest BCUT2D eigenvalue weighted by molar-refractivity contribution is 0.497. The minimum absolute atomic E-state index is 0. The van der Waals surface area contributed by atoms with E-state index in [-0.39, 0.29) is 7.43 Å². The largest absolute Gasteiger partial charge is 0.316 e. The first-order valence-electron chi connectivity index (χ1n) is 4.17. The van der Waals surface area contributed by atoms with E-state index < -0.39 is 0 Å². The summed E-state index contributed by atoms with van der Waals surface area (Å²) in [6.45, 7) is 6.59. The molecule has 2 rings (SSSR count). The SMILES string of the molecule is C.C1CC2CC2CN1.CC. The van der Waals surface area contributed by atoms with Crippen molar-refractivity contribution < 1.29 is 0 Å². The molecule has 0 amide bonds. The molecule has 1 heteroatoms. The zero-order valence-electron chi connectivity index (χ0n) is 6.48. The number of piperidine rings is 1. The number of fused-ring (bicyclic) bond motifs is 1. The van der Waals surface area contributed by atoms with Crippen molar-refractivity contribution in [3.8, 4) is 0 Å². The molecule has 1 nitrogen and oxygen atoms in total. The molecule has 0 aromatic rings. The van der Waals surface area contributed by atoms with Crippen LogP contribution >= 0.6 is 0 Å². The van der Waals surface area contributed by atoms with Gasteiger partial charge in [0.1, 0.15) is 0 Å². The summed E-state index contributed by atoms with van der Waals surface area (Å²) in [5, 5.41) is 3.38. The van der Waals surface area contributed by atoms with Crippen LogP contribution in [-0.4, -0.2) is 13.1 Å². The van der Waals surface area contributed by atoms with Crippen LogP contribution in [0.2, 0.25) is 0 Å². The van der Waals surface area contributed by atoms with E-state index in [0.29, 0.717) is 0 Å². The minimum Gasteiger partial charge on any atom is -0.316 e. The van der Waals surface area contributed by atoms with Gasteiger partial charge in [0.05, 0.1) is 0 Å². The maximum Gasteiger partial charge on any atom is -0.00178 e. The third kappa shape index (κ3) is 2.30. The summed E-state index contributed by atoms with van der Waals surface area (Å²) in [6, 6.07) is 0. The molecule has 1 N–H and O–H groups in total. The third-order valence-electron chi connectivity index (χ3n) is 2.17. The molecule has 1 saturated carbocycles. The maximum absolute atomic E-state index is 3.38. The lowest BCUT2D eigenvalue weighted by Gasteiger charge is -2.08. The Balaban J connectivity index is 0.000000251. The Morgan fingerprint density at radius 2 is 1.90 bits per heavy atom. The van der Waals surface area contributed by atoms with Crippen LogP contribution in [0.1, 0.15) is 34.1 Å². The molecular weight excluding hydrogens is 122 g/mol. The molecule has 2 aliphatic rings. The Morgan fingerprint density at radius 1 is 1.20 bits per heavy atom. The zero-order chi connectivity index (χ0) is 6.69. The van der Waals surface area contributed by atoms with Crippen molar-refractivity contribution in [1.29, 1.82) is 0 Å². The van der Waals surface area contributed by atoms with Crippen LogP contribution in [0.4, 0.5) is 0 Å². The Kier molecular flexibility index (Phi) is 4.71.